The second-order valence-corrected chi connectivity index (χ2v) is 6.96. The van der Waals surface area contributed by atoms with E-state index in [2.05, 4.69) is 12.0 Å². The number of aryl methyl sites for hydroxylation is 1. The van der Waals surface area contributed by atoms with E-state index in [1.807, 2.05) is 55.7 Å². The molecule has 1 aromatic carbocycles. The van der Waals surface area contributed by atoms with Crippen molar-refractivity contribution in [1.29, 1.82) is 0 Å². The summed E-state index contributed by atoms with van der Waals surface area (Å²) in [6, 6.07) is 7.99. The smallest absolute Gasteiger partial charge is 0.226 e. The van der Waals surface area contributed by atoms with Crippen LogP contribution in [0.4, 0.5) is 0 Å². The van der Waals surface area contributed by atoms with Gasteiger partial charge in [-0.2, -0.15) is 5.10 Å². The van der Waals surface area contributed by atoms with Gasteiger partial charge in [-0.25, -0.2) is 0 Å². The number of likely N-dealkylation sites (N-methyl/N-ethyl adjacent to an activating group) is 1. The fourth-order valence-electron chi connectivity index (χ4n) is 3.05. The van der Waals surface area contributed by atoms with E-state index in [1.165, 1.54) is 11.1 Å². The Balaban J connectivity index is 1.58. The van der Waals surface area contributed by atoms with Crippen molar-refractivity contribution in [3.63, 3.8) is 0 Å². The van der Waals surface area contributed by atoms with Crippen LogP contribution in [0.2, 0.25) is 5.02 Å². The monoisotopic (exact) mass is 331 g/mol. The normalized spacial score (nSPS) is 21.0. The molecule has 1 amide bonds. The second kappa shape index (κ2) is 6.36. The summed E-state index contributed by atoms with van der Waals surface area (Å²) >= 11 is 5.92. The molecule has 122 valence electrons. The summed E-state index contributed by atoms with van der Waals surface area (Å²) in [7, 11) is 3.81. The minimum absolute atomic E-state index is 0.108. The van der Waals surface area contributed by atoms with Crippen molar-refractivity contribution in [2.24, 2.45) is 13.0 Å². The van der Waals surface area contributed by atoms with Crippen LogP contribution in [0.1, 0.15) is 30.4 Å². The maximum atomic E-state index is 12.7. The third-order valence-electron chi connectivity index (χ3n) is 4.71. The van der Waals surface area contributed by atoms with Gasteiger partial charge in [0.2, 0.25) is 5.91 Å². The van der Waals surface area contributed by atoms with E-state index in [4.69, 9.17) is 11.6 Å². The summed E-state index contributed by atoms with van der Waals surface area (Å²) in [5.41, 5.74) is 2.37. The van der Waals surface area contributed by atoms with Gasteiger partial charge in [0.15, 0.2) is 0 Å². The molecule has 1 aliphatic carbocycles. The molecule has 0 radical (unpaired) electrons. The van der Waals surface area contributed by atoms with Crippen molar-refractivity contribution in [1.82, 2.24) is 14.7 Å². The molecule has 1 heterocycles. The first-order valence-corrected chi connectivity index (χ1v) is 8.33. The fraction of sp³-hybridized carbons (Fsp3) is 0.444. The topological polar surface area (TPSA) is 38.1 Å². The van der Waals surface area contributed by atoms with Crippen LogP contribution in [0.15, 0.2) is 36.7 Å². The van der Waals surface area contributed by atoms with Gasteiger partial charge in [-0.1, -0.05) is 23.7 Å². The Morgan fingerprint density at radius 3 is 2.74 bits per heavy atom. The zero-order chi connectivity index (χ0) is 16.6. The van der Waals surface area contributed by atoms with Crippen LogP contribution in [0.3, 0.4) is 0 Å². The van der Waals surface area contributed by atoms with E-state index in [1.54, 1.807) is 4.68 Å². The first-order chi connectivity index (χ1) is 11.0. The van der Waals surface area contributed by atoms with Crippen LogP contribution in [0, 0.1) is 5.92 Å². The average Bonchev–Trinajstić information content (AvgIpc) is 3.22. The third-order valence-corrected chi connectivity index (χ3v) is 4.97. The first kappa shape index (κ1) is 16.1. The van der Waals surface area contributed by atoms with Crippen LogP contribution >= 0.6 is 11.6 Å². The van der Waals surface area contributed by atoms with Crippen LogP contribution < -0.4 is 0 Å². The van der Waals surface area contributed by atoms with Crippen LogP contribution in [-0.2, 0) is 18.3 Å². The van der Waals surface area contributed by atoms with Crippen LogP contribution in [-0.4, -0.2) is 33.7 Å². The summed E-state index contributed by atoms with van der Waals surface area (Å²) in [6.07, 6.45) is 5.65. The quantitative estimate of drug-likeness (QED) is 0.843. The van der Waals surface area contributed by atoms with Gasteiger partial charge in [0.05, 0.1) is 6.20 Å². The van der Waals surface area contributed by atoms with E-state index < -0.39 is 0 Å². The molecule has 0 bridgehead atoms. The predicted octanol–water partition coefficient (Wildman–Crippen LogP) is 3.27. The highest BCUT2D eigenvalue weighted by atomic mass is 35.5. The zero-order valence-electron chi connectivity index (χ0n) is 13.7. The molecule has 0 spiro atoms. The van der Waals surface area contributed by atoms with Crippen molar-refractivity contribution in [3.8, 4) is 0 Å². The average molecular weight is 332 g/mol. The molecule has 3 rings (SSSR count). The number of carbonyl (C=O) groups excluding carboxylic acids is 1. The van der Waals surface area contributed by atoms with E-state index in [9.17, 15) is 4.79 Å². The molecule has 4 nitrogen and oxygen atoms in total. The van der Waals surface area contributed by atoms with E-state index in [-0.39, 0.29) is 17.9 Å². The Labute approximate surface area is 142 Å². The van der Waals surface area contributed by atoms with Gasteiger partial charge in [-0.05, 0) is 48.9 Å². The fourth-order valence-corrected chi connectivity index (χ4v) is 3.17. The SMILES string of the molecule is C[C@H](Cc1ccc(Cl)cc1)N(C)C(=O)[C@H]1C[C@H]1c1cnn(C)c1. The van der Waals surface area contributed by atoms with E-state index >= 15 is 0 Å². The largest absolute Gasteiger partial charge is 0.342 e. The van der Waals surface area contributed by atoms with Crippen molar-refractivity contribution in [2.75, 3.05) is 7.05 Å². The number of halogens is 1. The lowest BCUT2D eigenvalue weighted by molar-refractivity contribution is -0.133. The summed E-state index contributed by atoms with van der Waals surface area (Å²) in [4.78, 5) is 14.5. The summed E-state index contributed by atoms with van der Waals surface area (Å²) < 4.78 is 1.79. The molecular weight excluding hydrogens is 310 g/mol. The lowest BCUT2D eigenvalue weighted by atomic mass is 10.1. The standard InChI is InChI=1S/C18H22ClN3O/c1-12(8-13-4-6-15(19)7-5-13)22(3)18(23)17-9-16(17)14-10-20-21(2)11-14/h4-7,10-12,16-17H,8-9H2,1-3H3/t12-,16+,17+/m1/s1. The van der Waals surface area contributed by atoms with Crippen molar-refractivity contribution in [2.45, 2.75) is 31.7 Å². The molecule has 23 heavy (non-hydrogen) atoms. The number of aromatic nitrogens is 2. The Kier molecular flexibility index (Phi) is 4.44. The minimum Gasteiger partial charge on any atom is -0.342 e. The Hall–Kier alpha value is -1.81. The third kappa shape index (κ3) is 3.58. The van der Waals surface area contributed by atoms with Gasteiger partial charge < -0.3 is 4.90 Å². The summed E-state index contributed by atoms with van der Waals surface area (Å²) in [5.74, 6) is 0.679. The number of nitrogens with zero attached hydrogens (tertiary/aromatic N) is 3. The molecule has 1 aromatic heterocycles. The molecule has 1 fully saturated rings. The van der Waals surface area contributed by atoms with Gasteiger partial charge in [-0.15, -0.1) is 0 Å². The van der Waals surface area contributed by atoms with Gasteiger partial charge in [0.1, 0.15) is 0 Å². The number of amides is 1. The Morgan fingerprint density at radius 1 is 1.43 bits per heavy atom. The van der Waals surface area contributed by atoms with Crippen molar-refractivity contribution in [3.05, 3.63) is 52.8 Å². The van der Waals surface area contributed by atoms with Gasteiger partial charge in [0, 0.05) is 37.3 Å². The minimum atomic E-state index is 0.108. The maximum absolute atomic E-state index is 12.7. The molecule has 0 aliphatic heterocycles. The first-order valence-electron chi connectivity index (χ1n) is 7.95. The molecule has 0 saturated heterocycles. The van der Waals surface area contributed by atoms with Gasteiger partial charge in [0.25, 0.3) is 0 Å². The number of hydrogen-bond donors (Lipinski definition) is 0. The number of carbonyl (C=O) groups is 1. The molecule has 0 N–H and O–H groups in total. The van der Waals surface area contributed by atoms with Gasteiger partial charge >= 0.3 is 0 Å². The van der Waals surface area contributed by atoms with Crippen molar-refractivity contribution >= 4 is 17.5 Å². The Bertz CT molecular complexity index is 695. The van der Waals surface area contributed by atoms with E-state index in [0.717, 1.165) is 17.9 Å². The number of rotatable bonds is 5. The predicted molar refractivity (Wildman–Crippen MR) is 91.4 cm³/mol. The van der Waals surface area contributed by atoms with Crippen molar-refractivity contribution < 1.29 is 4.79 Å². The van der Waals surface area contributed by atoms with Gasteiger partial charge in [-0.3, -0.25) is 9.48 Å². The maximum Gasteiger partial charge on any atom is 0.226 e. The number of benzene rings is 1. The molecule has 3 atom stereocenters. The second-order valence-electron chi connectivity index (χ2n) is 6.52. The van der Waals surface area contributed by atoms with E-state index in [0.29, 0.717) is 5.92 Å². The zero-order valence-corrected chi connectivity index (χ0v) is 14.5. The molecule has 1 saturated carbocycles. The Morgan fingerprint density at radius 2 is 2.13 bits per heavy atom. The van der Waals surface area contributed by atoms with Crippen LogP contribution in [0.25, 0.3) is 0 Å². The molecule has 2 aromatic rings. The highest BCUT2D eigenvalue weighted by Crippen LogP contribution is 2.48. The van der Waals surface area contributed by atoms with Crippen LogP contribution in [0.5, 0.6) is 0 Å². The highest BCUT2D eigenvalue weighted by Gasteiger charge is 2.46. The lowest BCUT2D eigenvalue weighted by Crippen LogP contribution is -2.37. The molecule has 1 aliphatic rings. The number of hydrogen-bond acceptors (Lipinski definition) is 2. The summed E-state index contributed by atoms with van der Waals surface area (Å²) in [5, 5.41) is 4.93. The highest BCUT2D eigenvalue weighted by molar-refractivity contribution is 6.30. The molecule has 0 unspecified atom stereocenters. The molecular formula is C18H22ClN3O. The lowest BCUT2D eigenvalue weighted by Gasteiger charge is -2.25. The molecule has 5 heteroatoms. The summed E-state index contributed by atoms with van der Waals surface area (Å²) in [6.45, 7) is 2.09.